The number of carbonyl (C=O) groups excluding carboxylic acids is 1. The monoisotopic (exact) mass is 234 g/mol. The highest BCUT2D eigenvalue weighted by molar-refractivity contribution is 5.91. The van der Waals surface area contributed by atoms with Gasteiger partial charge in [0.2, 0.25) is 0 Å². The van der Waals surface area contributed by atoms with Crippen LogP contribution in [0.1, 0.15) is 46.1 Å². The Balaban J connectivity index is 3.35. The molecule has 0 aromatic heterocycles. The SMILES string of the molecule is CCC(=O)C(C)(c1ccccc1)C(C)(O)CC. The third kappa shape index (κ3) is 2.27. The van der Waals surface area contributed by atoms with Crippen LogP contribution in [-0.2, 0) is 10.2 Å². The van der Waals surface area contributed by atoms with Crippen LogP contribution in [0.2, 0.25) is 0 Å². The van der Waals surface area contributed by atoms with Crippen molar-refractivity contribution in [2.45, 2.75) is 51.6 Å². The number of ketones is 1. The molecule has 2 nitrogen and oxygen atoms in total. The molecule has 0 amide bonds. The van der Waals surface area contributed by atoms with Crippen molar-refractivity contribution in [2.75, 3.05) is 0 Å². The van der Waals surface area contributed by atoms with Gasteiger partial charge < -0.3 is 5.11 Å². The highest BCUT2D eigenvalue weighted by atomic mass is 16.3. The van der Waals surface area contributed by atoms with E-state index in [9.17, 15) is 9.90 Å². The topological polar surface area (TPSA) is 37.3 Å². The molecule has 0 spiro atoms. The van der Waals surface area contributed by atoms with Crippen molar-refractivity contribution >= 4 is 5.78 Å². The maximum absolute atomic E-state index is 12.3. The number of Topliss-reactive ketones (excluding diaryl/α,β-unsaturated/α-hetero) is 1. The van der Waals surface area contributed by atoms with E-state index >= 15 is 0 Å². The highest BCUT2D eigenvalue weighted by Gasteiger charge is 2.48. The van der Waals surface area contributed by atoms with Crippen LogP contribution in [0, 0.1) is 0 Å². The standard InChI is InChI=1S/C15H22O2/c1-5-13(16)15(4,14(3,17)6-2)12-10-8-7-9-11-12/h7-11,17H,5-6H2,1-4H3. The summed E-state index contributed by atoms with van der Waals surface area (Å²) in [4.78, 5) is 12.3. The van der Waals surface area contributed by atoms with Crippen molar-refractivity contribution in [1.82, 2.24) is 0 Å². The lowest BCUT2D eigenvalue weighted by molar-refractivity contribution is -0.134. The Morgan fingerprint density at radius 2 is 1.71 bits per heavy atom. The van der Waals surface area contributed by atoms with Gasteiger partial charge in [-0.05, 0) is 25.8 Å². The van der Waals surface area contributed by atoms with Gasteiger partial charge in [0.1, 0.15) is 5.78 Å². The Kier molecular flexibility index (Phi) is 4.10. The molecule has 1 aromatic rings. The fourth-order valence-electron chi connectivity index (χ4n) is 2.25. The normalized spacial score (nSPS) is 18.2. The van der Waals surface area contributed by atoms with E-state index in [2.05, 4.69) is 0 Å². The summed E-state index contributed by atoms with van der Waals surface area (Å²) < 4.78 is 0. The third-order valence-electron chi connectivity index (χ3n) is 4.00. The number of aliphatic hydroxyl groups is 1. The number of hydrogen-bond acceptors (Lipinski definition) is 2. The molecule has 0 bridgehead atoms. The average Bonchev–Trinajstić information content (AvgIpc) is 2.37. The number of hydrogen-bond donors (Lipinski definition) is 1. The zero-order valence-electron chi connectivity index (χ0n) is 11.2. The van der Waals surface area contributed by atoms with Gasteiger partial charge in [-0.3, -0.25) is 4.79 Å². The quantitative estimate of drug-likeness (QED) is 0.850. The molecule has 1 aromatic carbocycles. The second-order valence-electron chi connectivity index (χ2n) is 4.90. The molecule has 17 heavy (non-hydrogen) atoms. The van der Waals surface area contributed by atoms with Gasteiger partial charge in [0.05, 0.1) is 11.0 Å². The predicted molar refractivity (Wildman–Crippen MR) is 70.0 cm³/mol. The molecule has 0 fully saturated rings. The van der Waals surface area contributed by atoms with Gasteiger partial charge >= 0.3 is 0 Å². The maximum Gasteiger partial charge on any atom is 0.145 e. The summed E-state index contributed by atoms with van der Waals surface area (Å²) in [7, 11) is 0. The first-order chi connectivity index (χ1) is 7.90. The Morgan fingerprint density at radius 1 is 1.18 bits per heavy atom. The molecule has 0 aliphatic carbocycles. The molecule has 0 aliphatic rings. The Bertz CT molecular complexity index is 381. The molecule has 2 unspecified atom stereocenters. The summed E-state index contributed by atoms with van der Waals surface area (Å²) in [6, 6.07) is 9.56. The summed E-state index contributed by atoms with van der Waals surface area (Å²) in [6.07, 6.45) is 0.978. The Labute approximate surface area is 104 Å². The Morgan fingerprint density at radius 3 is 2.12 bits per heavy atom. The lowest BCUT2D eigenvalue weighted by atomic mass is 9.65. The van der Waals surface area contributed by atoms with Crippen molar-refractivity contribution in [2.24, 2.45) is 0 Å². The van der Waals surface area contributed by atoms with E-state index in [1.807, 2.05) is 51.1 Å². The lowest BCUT2D eigenvalue weighted by Gasteiger charge is -2.41. The third-order valence-corrected chi connectivity index (χ3v) is 4.00. The van der Waals surface area contributed by atoms with Crippen molar-refractivity contribution in [1.29, 1.82) is 0 Å². The first-order valence-corrected chi connectivity index (χ1v) is 6.21. The molecule has 2 atom stereocenters. The molecule has 1 N–H and O–H groups in total. The molecule has 1 rings (SSSR count). The molecule has 94 valence electrons. The largest absolute Gasteiger partial charge is 0.389 e. The first kappa shape index (κ1) is 13.9. The zero-order valence-corrected chi connectivity index (χ0v) is 11.2. The highest BCUT2D eigenvalue weighted by Crippen LogP contribution is 2.39. The van der Waals surface area contributed by atoms with Crippen LogP contribution in [0.3, 0.4) is 0 Å². The first-order valence-electron chi connectivity index (χ1n) is 6.21. The molecule has 0 saturated carbocycles. The van der Waals surface area contributed by atoms with E-state index in [1.165, 1.54) is 0 Å². The second-order valence-corrected chi connectivity index (χ2v) is 4.90. The second kappa shape index (κ2) is 5.01. The molecular weight excluding hydrogens is 212 g/mol. The van der Waals surface area contributed by atoms with Crippen molar-refractivity contribution in [3.63, 3.8) is 0 Å². The van der Waals surface area contributed by atoms with Crippen LogP contribution in [0.4, 0.5) is 0 Å². The molecule has 2 heteroatoms. The van der Waals surface area contributed by atoms with E-state index in [-0.39, 0.29) is 5.78 Å². The minimum atomic E-state index is -1.03. The minimum absolute atomic E-state index is 0.0792. The average molecular weight is 234 g/mol. The predicted octanol–water partition coefficient (Wildman–Crippen LogP) is 3.08. The van der Waals surface area contributed by atoms with E-state index in [4.69, 9.17) is 0 Å². The Hall–Kier alpha value is -1.15. The van der Waals surface area contributed by atoms with E-state index < -0.39 is 11.0 Å². The van der Waals surface area contributed by atoms with Gasteiger partial charge in [-0.25, -0.2) is 0 Å². The van der Waals surface area contributed by atoms with E-state index in [0.29, 0.717) is 12.8 Å². The van der Waals surface area contributed by atoms with E-state index in [0.717, 1.165) is 5.56 Å². The summed E-state index contributed by atoms with van der Waals surface area (Å²) >= 11 is 0. The molecular formula is C15H22O2. The fraction of sp³-hybridized carbons (Fsp3) is 0.533. The molecule has 0 radical (unpaired) electrons. The minimum Gasteiger partial charge on any atom is -0.389 e. The maximum atomic E-state index is 12.3. The van der Waals surface area contributed by atoms with Gasteiger partial charge in [-0.2, -0.15) is 0 Å². The lowest BCUT2D eigenvalue weighted by Crippen LogP contribution is -2.52. The number of benzene rings is 1. The summed E-state index contributed by atoms with van der Waals surface area (Å²) in [5, 5.41) is 10.6. The van der Waals surface area contributed by atoms with E-state index in [1.54, 1.807) is 6.92 Å². The number of carbonyl (C=O) groups is 1. The van der Waals surface area contributed by atoms with Crippen LogP contribution in [0.5, 0.6) is 0 Å². The number of rotatable bonds is 5. The van der Waals surface area contributed by atoms with Crippen molar-refractivity contribution in [3.8, 4) is 0 Å². The molecule has 0 aliphatic heterocycles. The fourth-order valence-corrected chi connectivity index (χ4v) is 2.25. The van der Waals surface area contributed by atoms with Crippen LogP contribution in [-0.4, -0.2) is 16.5 Å². The van der Waals surface area contributed by atoms with Crippen molar-refractivity contribution in [3.05, 3.63) is 35.9 Å². The molecule has 0 heterocycles. The zero-order chi connectivity index (χ0) is 13.1. The van der Waals surface area contributed by atoms with Crippen molar-refractivity contribution < 1.29 is 9.90 Å². The summed E-state index contributed by atoms with van der Waals surface area (Å²) in [6.45, 7) is 7.34. The van der Waals surface area contributed by atoms with Gasteiger partial charge in [0, 0.05) is 6.42 Å². The summed E-state index contributed by atoms with van der Waals surface area (Å²) in [5.74, 6) is 0.0792. The molecule has 0 saturated heterocycles. The van der Waals surface area contributed by atoms with Crippen LogP contribution in [0.25, 0.3) is 0 Å². The van der Waals surface area contributed by atoms with Gasteiger partial charge in [0.15, 0.2) is 0 Å². The van der Waals surface area contributed by atoms with Crippen LogP contribution < -0.4 is 0 Å². The summed E-state index contributed by atoms with van der Waals surface area (Å²) in [5.41, 5.74) is -0.974. The van der Waals surface area contributed by atoms with Gasteiger partial charge in [0.25, 0.3) is 0 Å². The van der Waals surface area contributed by atoms with Gasteiger partial charge in [-0.1, -0.05) is 44.2 Å². The van der Waals surface area contributed by atoms with Crippen LogP contribution in [0.15, 0.2) is 30.3 Å². The van der Waals surface area contributed by atoms with Crippen LogP contribution >= 0.6 is 0 Å². The smallest absolute Gasteiger partial charge is 0.145 e. The van der Waals surface area contributed by atoms with Gasteiger partial charge in [-0.15, -0.1) is 0 Å².